The molecule has 1 heterocycles. The maximum absolute atomic E-state index is 6.44. The van der Waals surface area contributed by atoms with Crippen LogP contribution in [0.1, 0.15) is 49.9 Å². The summed E-state index contributed by atoms with van der Waals surface area (Å²) < 4.78 is 6.44. The fourth-order valence-corrected chi connectivity index (χ4v) is 9.82. The minimum atomic E-state index is -0.160. The summed E-state index contributed by atoms with van der Waals surface area (Å²) in [5.74, 6) is 1.01. The molecule has 0 fully saturated rings. The molecule has 8 aromatic carbocycles. The van der Waals surface area contributed by atoms with Gasteiger partial charge in [0.2, 0.25) is 0 Å². The zero-order valence-corrected chi connectivity index (χ0v) is 33.3. The van der Waals surface area contributed by atoms with Crippen molar-refractivity contribution in [2.75, 3.05) is 4.90 Å². The van der Waals surface area contributed by atoms with Gasteiger partial charge in [-0.25, -0.2) is 0 Å². The van der Waals surface area contributed by atoms with Crippen molar-refractivity contribution in [3.8, 4) is 55.8 Å². The molecule has 0 atom stereocenters. The first-order valence-electron chi connectivity index (χ1n) is 20.3. The first-order valence-corrected chi connectivity index (χ1v) is 20.3. The molecule has 2 heteroatoms. The Morgan fingerprint density at radius 1 is 0.362 bits per heavy atom. The van der Waals surface area contributed by atoms with Crippen molar-refractivity contribution in [2.45, 2.75) is 38.5 Å². The Morgan fingerprint density at radius 3 is 1.64 bits per heavy atom. The van der Waals surface area contributed by atoms with Gasteiger partial charge in [0.1, 0.15) is 11.3 Å². The van der Waals surface area contributed by atoms with E-state index in [2.05, 4.69) is 215 Å². The van der Waals surface area contributed by atoms with Gasteiger partial charge in [-0.3, -0.25) is 0 Å². The Labute approximate surface area is 340 Å². The summed E-state index contributed by atoms with van der Waals surface area (Å²) in [5.41, 5.74) is 20.5. The van der Waals surface area contributed by atoms with E-state index in [0.717, 1.165) is 28.4 Å². The molecule has 0 radical (unpaired) electrons. The van der Waals surface area contributed by atoms with Crippen LogP contribution in [0.4, 0.5) is 17.1 Å². The summed E-state index contributed by atoms with van der Waals surface area (Å²) in [6.07, 6.45) is 0. The van der Waals surface area contributed by atoms with Crippen LogP contribution in [-0.2, 0) is 10.8 Å². The van der Waals surface area contributed by atoms with Crippen molar-refractivity contribution in [1.29, 1.82) is 0 Å². The smallest absolute Gasteiger partial charge is 0.139 e. The van der Waals surface area contributed by atoms with E-state index >= 15 is 0 Å². The molecule has 2 aliphatic carbocycles. The molecule has 2 nitrogen and oxygen atoms in total. The second-order valence-electron chi connectivity index (χ2n) is 17.0. The Hall–Kier alpha value is -6.90. The third-order valence-corrected chi connectivity index (χ3v) is 12.9. The van der Waals surface area contributed by atoms with Crippen LogP contribution in [0.25, 0.3) is 66.8 Å². The van der Waals surface area contributed by atoms with Crippen LogP contribution in [-0.4, -0.2) is 0 Å². The second kappa shape index (κ2) is 12.8. The first kappa shape index (κ1) is 34.4. The minimum Gasteiger partial charge on any atom is -0.456 e. The molecular formula is C56H43NO. The number of anilines is 3. The van der Waals surface area contributed by atoms with Gasteiger partial charge < -0.3 is 9.32 Å². The lowest BCUT2D eigenvalue weighted by Gasteiger charge is -2.28. The highest BCUT2D eigenvalue weighted by atomic mass is 16.3. The largest absolute Gasteiger partial charge is 0.456 e. The predicted molar refractivity (Wildman–Crippen MR) is 242 cm³/mol. The van der Waals surface area contributed by atoms with E-state index in [1.807, 2.05) is 6.07 Å². The number of hydrogen-bond donors (Lipinski definition) is 0. The Kier molecular flexibility index (Phi) is 7.59. The van der Waals surface area contributed by atoms with Crippen LogP contribution in [0.3, 0.4) is 0 Å². The Morgan fingerprint density at radius 2 is 0.879 bits per heavy atom. The van der Waals surface area contributed by atoms with Crippen molar-refractivity contribution in [1.82, 2.24) is 0 Å². The number of rotatable bonds is 6. The Balaban J connectivity index is 0.951. The molecule has 0 bridgehead atoms. The monoisotopic (exact) mass is 745 g/mol. The van der Waals surface area contributed by atoms with Gasteiger partial charge in [-0.15, -0.1) is 0 Å². The van der Waals surface area contributed by atoms with E-state index in [-0.39, 0.29) is 10.8 Å². The summed E-state index contributed by atoms with van der Waals surface area (Å²) in [7, 11) is 0. The van der Waals surface area contributed by atoms with Gasteiger partial charge in [0, 0.05) is 44.4 Å². The van der Waals surface area contributed by atoms with E-state index < -0.39 is 0 Å². The molecule has 0 aliphatic heterocycles. The fourth-order valence-electron chi connectivity index (χ4n) is 9.82. The topological polar surface area (TPSA) is 16.4 Å². The normalized spacial score (nSPS) is 14.1. The lowest BCUT2D eigenvalue weighted by Crippen LogP contribution is -2.16. The van der Waals surface area contributed by atoms with Crippen LogP contribution in [0.2, 0.25) is 0 Å². The highest BCUT2D eigenvalue weighted by molar-refractivity contribution is 5.95. The van der Waals surface area contributed by atoms with Gasteiger partial charge in [-0.1, -0.05) is 161 Å². The highest BCUT2D eigenvalue weighted by Gasteiger charge is 2.40. The van der Waals surface area contributed by atoms with E-state index in [4.69, 9.17) is 4.42 Å². The third-order valence-electron chi connectivity index (χ3n) is 12.9. The van der Waals surface area contributed by atoms with Gasteiger partial charge in [-0.05, 0) is 116 Å². The maximum Gasteiger partial charge on any atom is 0.139 e. The molecule has 0 amide bonds. The Bertz CT molecular complexity index is 3040. The molecule has 11 rings (SSSR count). The van der Waals surface area contributed by atoms with Crippen LogP contribution < -0.4 is 4.90 Å². The number of furan rings is 1. The predicted octanol–water partition coefficient (Wildman–Crippen LogP) is 15.5. The lowest BCUT2D eigenvalue weighted by atomic mass is 9.80. The minimum absolute atomic E-state index is 0.0932. The average Bonchev–Trinajstić information content (AvgIpc) is 3.85. The first-order chi connectivity index (χ1) is 28.3. The third kappa shape index (κ3) is 5.25. The summed E-state index contributed by atoms with van der Waals surface area (Å²) in [5, 5.41) is 1.21. The molecule has 0 spiro atoms. The highest BCUT2D eigenvalue weighted by Crippen LogP contribution is 2.54. The van der Waals surface area contributed by atoms with Gasteiger partial charge in [-0.2, -0.15) is 0 Å². The number of para-hydroxylation sites is 1. The van der Waals surface area contributed by atoms with Crippen LogP contribution in [0.15, 0.2) is 192 Å². The molecule has 278 valence electrons. The van der Waals surface area contributed by atoms with E-state index in [1.165, 1.54) is 77.7 Å². The fraction of sp³-hybridized carbons (Fsp3) is 0.107. The summed E-state index contributed by atoms with van der Waals surface area (Å²) in [6, 6.07) is 68.7. The summed E-state index contributed by atoms with van der Waals surface area (Å²) in [6.45, 7) is 9.35. The summed E-state index contributed by atoms with van der Waals surface area (Å²) >= 11 is 0. The van der Waals surface area contributed by atoms with Crippen molar-refractivity contribution in [3.63, 3.8) is 0 Å². The molecule has 0 saturated carbocycles. The molecule has 9 aromatic rings. The lowest BCUT2D eigenvalue weighted by molar-refractivity contribution is 0.619. The van der Waals surface area contributed by atoms with Gasteiger partial charge in [0.05, 0.1) is 0 Å². The molecule has 0 saturated heterocycles. The van der Waals surface area contributed by atoms with Crippen molar-refractivity contribution in [2.24, 2.45) is 0 Å². The average molecular weight is 746 g/mol. The van der Waals surface area contributed by atoms with Crippen molar-refractivity contribution < 1.29 is 4.42 Å². The maximum atomic E-state index is 6.44. The van der Waals surface area contributed by atoms with E-state index in [9.17, 15) is 0 Å². The van der Waals surface area contributed by atoms with Crippen LogP contribution in [0, 0.1) is 0 Å². The van der Waals surface area contributed by atoms with Crippen LogP contribution in [0.5, 0.6) is 0 Å². The zero-order valence-electron chi connectivity index (χ0n) is 33.3. The zero-order chi connectivity index (χ0) is 39.2. The molecule has 0 N–H and O–H groups in total. The van der Waals surface area contributed by atoms with Gasteiger partial charge >= 0.3 is 0 Å². The SMILES string of the molecule is CC1(C)c2ccccc2-c2ccc(N(c3ccc(-c4ccccc4)cc3)c3ccc(-c4cccc(-c5ccc6c(c5)C(C)(C)c5c-6oc6ccccc56)c4)cc3)cc21. The molecule has 2 aliphatic rings. The number of hydrogen-bond acceptors (Lipinski definition) is 2. The van der Waals surface area contributed by atoms with Gasteiger partial charge in [0.25, 0.3) is 0 Å². The summed E-state index contributed by atoms with van der Waals surface area (Å²) in [4.78, 5) is 2.40. The van der Waals surface area contributed by atoms with E-state index in [0.29, 0.717) is 0 Å². The molecular weight excluding hydrogens is 703 g/mol. The van der Waals surface area contributed by atoms with E-state index in [1.54, 1.807) is 0 Å². The standard InChI is InChI=1S/C56H43NO/c1-55(2)49-19-10-8-17-45(49)46-32-30-44(35-51(46)55)57(42-26-21-37(22-27-42)36-13-6-5-7-14-36)43-28-23-38(24-29-43)39-15-12-16-40(33-39)41-25-31-47-50(34-41)56(3,4)53-48-18-9-11-20-52(48)58-54(47)53/h5-35H,1-4H3. The molecule has 1 aromatic heterocycles. The number of benzene rings is 8. The molecule has 58 heavy (non-hydrogen) atoms. The molecule has 0 unspecified atom stereocenters. The van der Waals surface area contributed by atoms with Crippen molar-refractivity contribution in [3.05, 3.63) is 210 Å². The van der Waals surface area contributed by atoms with Crippen molar-refractivity contribution >= 4 is 28.0 Å². The number of nitrogens with zero attached hydrogens (tertiary/aromatic N) is 1. The second-order valence-corrected chi connectivity index (χ2v) is 17.0. The van der Waals surface area contributed by atoms with Crippen LogP contribution >= 0.6 is 0 Å². The quantitative estimate of drug-likeness (QED) is 0.169. The van der Waals surface area contributed by atoms with Gasteiger partial charge in [0.15, 0.2) is 0 Å². The number of fused-ring (bicyclic) bond motifs is 8.